The Hall–Kier alpha value is -2.52. The molecule has 7 nitrogen and oxygen atoms in total. The van der Waals surface area contributed by atoms with Crippen LogP contribution < -0.4 is 0 Å². The van der Waals surface area contributed by atoms with Gasteiger partial charge in [0.2, 0.25) is 5.91 Å². The van der Waals surface area contributed by atoms with E-state index in [-0.39, 0.29) is 5.91 Å². The number of rotatable bonds is 4. The Morgan fingerprint density at radius 2 is 2.10 bits per heavy atom. The van der Waals surface area contributed by atoms with Crippen molar-refractivity contribution in [2.75, 3.05) is 18.8 Å². The molecular weight excluding hydrogens is 416 g/mol. The lowest BCUT2D eigenvalue weighted by Crippen LogP contribution is -2.40. The van der Waals surface area contributed by atoms with Gasteiger partial charge in [0.05, 0.1) is 21.0 Å². The summed E-state index contributed by atoms with van der Waals surface area (Å²) in [4.78, 5) is 24.1. The summed E-state index contributed by atoms with van der Waals surface area (Å²) in [6.45, 7) is 5.49. The van der Waals surface area contributed by atoms with Crippen LogP contribution in [0.15, 0.2) is 35.5 Å². The molecule has 0 saturated carbocycles. The van der Waals surface area contributed by atoms with Crippen LogP contribution in [-0.2, 0) is 4.79 Å². The summed E-state index contributed by atoms with van der Waals surface area (Å²) < 4.78 is 3.12. The van der Waals surface area contributed by atoms with Crippen molar-refractivity contribution in [1.82, 2.24) is 29.5 Å². The largest absolute Gasteiger partial charge is 0.341 e. The number of carbonyl (C=O) groups excluding carboxylic acids is 1. The second-order valence-electron chi connectivity index (χ2n) is 7.64. The molecule has 0 bridgehead atoms. The number of amides is 1. The fraction of sp³-hybridized carbons (Fsp3) is 0.381. The minimum Gasteiger partial charge on any atom is -0.341 e. The first kappa shape index (κ1) is 19.4. The van der Waals surface area contributed by atoms with E-state index in [1.54, 1.807) is 11.3 Å². The number of aryl methyl sites for hydroxylation is 2. The van der Waals surface area contributed by atoms with Crippen LogP contribution in [0.1, 0.15) is 35.2 Å². The standard InChI is InChI=1S/C21H22N6OS2/c1-13-10-14(2)27-20(22-13)24-25-21(27)29-12-18(28)26-9-5-6-15(11-26)19-23-16-7-3-4-8-17(16)30-19/h3-4,7-8,10,15H,5-6,9,11-12H2,1-2H3/t15-/m1/s1. The third-order valence-electron chi connectivity index (χ3n) is 5.42. The van der Waals surface area contributed by atoms with E-state index in [9.17, 15) is 4.79 Å². The van der Waals surface area contributed by atoms with Crippen LogP contribution in [0.3, 0.4) is 0 Å². The Morgan fingerprint density at radius 1 is 1.23 bits per heavy atom. The second kappa shape index (κ2) is 7.96. The molecular formula is C21H22N6OS2. The highest BCUT2D eigenvalue weighted by molar-refractivity contribution is 7.99. The van der Waals surface area contributed by atoms with Gasteiger partial charge >= 0.3 is 0 Å². The zero-order valence-electron chi connectivity index (χ0n) is 16.9. The van der Waals surface area contributed by atoms with Gasteiger partial charge in [0.1, 0.15) is 0 Å². The Bertz CT molecular complexity index is 1200. The van der Waals surface area contributed by atoms with E-state index in [2.05, 4.69) is 27.3 Å². The van der Waals surface area contributed by atoms with Gasteiger partial charge in [-0.1, -0.05) is 23.9 Å². The van der Waals surface area contributed by atoms with E-state index >= 15 is 0 Å². The number of thiazole rings is 1. The molecule has 154 valence electrons. The topological polar surface area (TPSA) is 76.3 Å². The Morgan fingerprint density at radius 3 is 2.97 bits per heavy atom. The zero-order valence-corrected chi connectivity index (χ0v) is 18.5. The highest BCUT2D eigenvalue weighted by atomic mass is 32.2. The average molecular weight is 439 g/mol. The smallest absolute Gasteiger partial charge is 0.256 e. The quantitative estimate of drug-likeness (QED) is 0.451. The molecule has 0 unspecified atom stereocenters. The van der Waals surface area contributed by atoms with Crippen LogP contribution in [-0.4, -0.2) is 54.2 Å². The number of hydrogen-bond acceptors (Lipinski definition) is 7. The summed E-state index contributed by atoms with van der Waals surface area (Å²) in [5, 5.41) is 10.2. The molecule has 1 amide bonds. The minimum atomic E-state index is 0.139. The van der Waals surface area contributed by atoms with Crippen LogP contribution in [0.4, 0.5) is 0 Å². The number of benzene rings is 1. The van der Waals surface area contributed by atoms with Crippen molar-refractivity contribution < 1.29 is 4.79 Å². The first-order valence-corrected chi connectivity index (χ1v) is 11.8. The Labute approximate surface area is 182 Å². The third kappa shape index (κ3) is 3.67. The fourth-order valence-corrected chi connectivity index (χ4v) is 5.96. The molecule has 0 spiro atoms. The molecule has 1 aliphatic rings. The number of likely N-dealkylation sites (tertiary alicyclic amines) is 1. The molecule has 1 saturated heterocycles. The van der Waals surface area contributed by atoms with E-state index in [4.69, 9.17) is 4.98 Å². The maximum Gasteiger partial charge on any atom is 0.256 e. The van der Waals surface area contributed by atoms with Gasteiger partial charge < -0.3 is 4.90 Å². The lowest BCUT2D eigenvalue weighted by molar-refractivity contribution is -0.129. The maximum absolute atomic E-state index is 12.9. The zero-order chi connectivity index (χ0) is 20.7. The number of thioether (sulfide) groups is 1. The molecule has 0 N–H and O–H groups in total. The summed E-state index contributed by atoms with van der Waals surface area (Å²) in [7, 11) is 0. The van der Waals surface area contributed by atoms with Crippen LogP contribution in [0.5, 0.6) is 0 Å². The highest BCUT2D eigenvalue weighted by Crippen LogP contribution is 2.33. The van der Waals surface area contributed by atoms with E-state index in [0.29, 0.717) is 22.6 Å². The van der Waals surface area contributed by atoms with Crippen LogP contribution in [0, 0.1) is 13.8 Å². The van der Waals surface area contributed by atoms with Crippen molar-refractivity contribution >= 4 is 45.0 Å². The number of aromatic nitrogens is 5. The van der Waals surface area contributed by atoms with E-state index in [1.807, 2.05) is 41.3 Å². The molecule has 1 aliphatic heterocycles. The molecule has 1 aromatic carbocycles. The molecule has 9 heteroatoms. The van der Waals surface area contributed by atoms with Gasteiger partial charge in [-0.05, 0) is 44.9 Å². The van der Waals surface area contributed by atoms with Gasteiger partial charge in [-0.15, -0.1) is 21.5 Å². The van der Waals surface area contributed by atoms with E-state index in [1.165, 1.54) is 16.5 Å². The van der Waals surface area contributed by atoms with Crippen molar-refractivity contribution in [1.29, 1.82) is 0 Å². The second-order valence-corrected chi connectivity index (χ2v) is 9.65. The number of hydrogen-bond donors (Lipinski definition) is 0. The molecule has 30 heavy (non-hydrogen) atoms. The van der Waals surface area contributed by atoms with E-state index < -0.39 is 0 Å². The minimum absolute atomic E-state index is 0.139. The summed E-state index contributed by atoms with van der Waals surface area (Å²) in [6, 6.07) is 10.2. The van der Waals surface area contributed by atoms with Crippen molar-refractivity contribution in [2.24, 2.45) is 0 Å². The van der Waals surface area contributed by atoms with Crippen molar-refractivity contribution in [3.8, 4) is 0 Å². The molecule has 0 aliphatic carbocycles. The van der Waals surface area contributed by atoms with Crippen molar-refractivity contribution in [3.63, 3.8) is 0 Å². The first-order chi connectivity index (χ1) is 14.6. The van der Waals surface area contributed by atoms with E-state index in [0.717, 1.165) is 47.8 Å². The monoisotopic (exact) mass is 438 g/mol. The Balaban J connectivity index is 1.27. The lowest BCUT2D eigenvalue weighted by atomic mass is 9.99. The third-order valence-corrected chi connectivity index (χ3v) is 7.53. The number of piperidine rings is 1. The molecule has 0 radical (unpaired) electrons. The summed E-state index contributed by atoms with van der Waals surface area (Å²) in [5.74, 6) is 1.38. The fourth-order valence-electron chi connectivity index (χ4n) is 3.98. The van der Waals surface area contributed by atoms with Gasteiger partial charge in [0, 0.05) is 30.4 Å². The van der Waals surface area contributed by atoms with Crippen molar-refractivity contribution in [2.45, 2.75) is 37.8 Å². The van der Waals surface area contributed by atoms with Gasteiger partial charge in [0.15, 0.2) is 5.16 Å². The van der Waals surface area contributed by atoms with Gasteiger partial charge in [-0.2, -0.15) is 0 Å². The summed E-state index contributed by atoms with van der Waals surface area (Å²) >= 11 is 3.17. The Kier molecular flexibility index (Phi) is 5.16. The molecule has 4 heterocycles. The lowest BCUT2D eigenvalue weighted by Gasteiger charge is -2.31. The van der Waals surface area contributed by atoms with Crippen LogP contribution in [0.25, 0.3) is 16.0 Å². The molecule has 3 aromatic heterocycles. The average Bonchev–Trinajstić information content (AvgIpc) is 3.36. The predicted molar refractivity (Wildman–Crippen MR) is 119 cm³/mol. The number of nitrogens with zero attached hydrogens (tertiary/aromatic N) is 6. The van der Waals surface area contributed by atoms with Gasteiger partial charge in [0.25, 0.3) is 5.78 Å². The van der Waals surface area contributed by atoms with Crippen LogP contribution >= 0.6 is 23.1 Å². The highest BCUT2D eigenvalue weighted by Gasteiger charge is 2.27. The molecule has 1 atom stereocenters. The van der Waals surface area contributed by atoms with Gasteiger partial charge in [-0.25, -0.2) is 9.97 Å². The normalized spacial score (nSPS) is 17.1. The summed E-state index contributed by atoms with van der Waals surface area (Å²) in [6.07, 6.45) is 2.09. The number of carbonyl (C=O) groups is 1. The first-order valence-electron chi connectivity index (χ1n) is 10.0. The SMILES string of the molecule is Cc1cc(C)n2c(SCC(=O)N3CCC[C@@H](c4nc5ccccc5s4)C3)nnc2n1. The predicted octanol–water partition coefficient (Wildman–Crippen LogP) is 3.85. The number of para-hydroxylation sites is 1. The van der Waals surface area contributed by atoms with Crippen LogP contribution in [0.2, 0.25) is 0 Å². The number of fused-ring (bicyclic) bond motifs is 2. The summed E-state index contributed by atoms with van der Waals surface area (Å²) in [5.41, 5.74) is 2.98. The molecule has 1 fully saturated rings. The van der Waals surface area contributed by atoms with Gasteiger partial charge in [-0.3, -0.25) is 9.20 Å². The van der Waals surface area contributed by atoms with Crippen molar-refractivity contribution in [3.05, 3.63) is 46.7 Å². The molecule has 5 rings (SSSR count). The maximum atomic E-state index is 12.9. The molecule has 4 aromatic rings.